The smallest absolute Gasteiger partial charge is 0.123 e. The Morgan fingerprint density at radius 2 is 2.30 bits per heavy atom. The van der Waals surface area contributed by atoms with Gasteiger partial charge in [0.25, 0.3) is 0 Å². The summed E-state index contributed by atoms with van der Waals surface area (Å²) in [4.78, 5) is 0. The Hall–Kier alpha value is -2.25. The van der Waals surface area contributed by atoms with Gasteiger partial charge in [-0.3, -0.25) is 0 Å². The molecule has 1 unspecified atom stereocenters. The van der Waals surface area contributed by atoms with E-state index in [0.717, 1.165) is 30.8 Å². The first kappa shape index (κ1) is 12.8. The summed E-state index contributed by atoms with van der Waals surface area (Å²) < 4.78 is 7.72. The normalized spacial score (nSPS) is 16.5. The van der Waals surface area contributed by atoms with E-state index in [4.69, 9.17) is 10.00 Å². The molecule has 1 aliphatic heterocycles. The van der Waals surface area contributed by atoms with Crippen LogP contribution < -0.4 is 10.1 Å². The fraction of sp³-hybridized carbons (Fsp3) is 0.312. The predicted molar refractivity (Wildman–Crippen MR) is 76.4 cm³/mol. The molecule has 2 heterocycles. The third kappa shape index (κ3) is 2.54. The number of hydrogen-bond acceptors (Lipinski definition) is 3. The molecule has 3 rings (SSSR count). The first-order valence-electron chi connectivity index (χ1n) is 6.77. The van der Waals surface area contributed by atoms with Crippen molar-refractivity contribution in [3.63, 3.8) is 0 Å². The lowest BCUT2D eigenvalue weighted by molar-refractivity contribution is 0.227. The number of nitrogens with one attached hydrogen (secondary N) is 1. The zero-order valence-corrected chi connectivity index (χ0v) is 11.5. The monoisotopic (exact) mass is 267 g/mol. The fourth-order valence-electron chi connectivity index (χ4n) is 2.59. The van der Waals surface area contributed by atoms with Gasteiger partial charge in [0.2, 0.25) is 0 Å². The molecule has 1 aromatic heterocycles. The first-order chi connectivity index (χ1) is 9.76. The molecule has 0 saturated heterocycles. The summed E-state index contributed by atoms with van der Waals surface area (Å²) in [7, 11) is 1.89. The Kier molecular flexibility index (Phi) is 3.44. The van der Waals surface area contributed by atoms with Crippen LogP contribution in [0.15, 0.2) is 36.5 Å². The molecule has 102 valence electrons. The largest absolute Gasteiger partial charge is 0.488 e. The third-order valence-corrected chi connectivity index (χ3v) is 3.59. The maximum Gasteiger partial charge on any atom is 0.123 e. The van der Waals surface area contributed by atoms with E-state index < -0.39 is 0 Å². The second kappa shape index (κ2) is 5.40. The van der Waals surface area contributed by atoms with Gasteiger partial charge in [-0.05, 0) is 23.3 Å². The van der Waals surface area contributed by atoms with Crippen molar-refractivity contribution in [1.82, 2.24) is 9.88 Å². The number of rotatable bonds is 4. The van der Waals surface area contributed by atoms with E-state index in [1.165, 1.54) is 5.56 Å². The van der Waals surface area contributed by atoms with E-state index in [0.29, 0.717) is 5.69 Å². The third-order valence-electron chi connectivity index (χ3n) is 3.59. The minimum atomic E-state index is 0.201. The van der Waals surface area contributed by atoms with Gasteiger partial charge in [-0.15, -0.1) is 0 Å². The number of nitriles is 1. The van der Waals surface area contributed by atoms with E-state index in [1.54, 1.807) is 0 Å². The van der Waals surface area contributed by atoms with Crippen molar-refractivity contribution in [3.05, 3.63) is 53.3 Å². The lowest BCUT2D eigenvalue weighted by atomic mass is 10.1. The molecule has 0 spiro atoms. The van der Waals surface area contributed by atoms with Gasteiger partial charge in [0.15, 0.2) is 0 Å². The summed E-state index contributed by atoms with van der Waals surface area (Å²) >= 11 is 0. The van der Waals surface area contributed by atoms with Crippen LogP contribution in [0, 0.1) is 11.3 Å². The van der Waals surface area contributed by atoms with Crippen LogP contribution >= 0.6 is 0 Å². The highest BCUT2D eigenvalue weighted by molar-refractivity contribution is 5.37. The van der Waals surface area contributed by atoms with Gasteiger partial charge in [0.05, 0.1) is 0 Å². The second-order valence-electron chi connectivity index (χ2n) is 5.14. The first-order valence-corrected chi connectivity index (χ1v) is 6.77. The minimum Gasteiger partial charge on any atom is -0.488 e. The lowest BCUT2D eigenvalue weighted by Gasteiger charge is -2.11. The van der Waals surface area contributed by atoms with Crippen molar-refractivity contribution in [3.8, 4) is 11.8 Å². The van der Waals surface area contributed by atoms with Crippen LogP contribution in [-0.2, 0) is 20.0 Å². The van der Waals surface area contributed by atoms with E-state index in [9.17, 15) is 0 Å². The summed E-state index contributed by atoms with van der Waals surface area (Å²) in [6.07, 6.45) is 3.14. The molecule has 0 amide bonds. The number of ether oxygens (including phenoxy) is 1. The quantitative estimate of drug-likeness (QED) is 0.921. The molecule has 4 nitrogen and oxygen atoms in total. The molecule has 1 atom stereocenters. The Bertz CT molecular complexity index is 629. The summed E-state index contributed by atoms with van der Waals surface area (Å²) in [5.41, 5.74) is 3.09. The lowest BCUT2D eigenvalue weighted by Crippen LogP contribution is -2.29. The van der Waals surface area contributed by atoms with Crippen molar-refractivity contribution in [2.75, 3.05) is 6.54 Å². The number of fused-ring (bicyclic) bond motifs is 1. The van der Waals surface area contributed by atoms with E-state index in [2.05, 4.69) is 17.5 Å². The Balaban J connectivity index is 1.51. The number of benzene rings is 1. The number of nitrogens with zero attached hydrogens (tertiary/aromatic N) is 2. The zero-order valence-electron chi connectivity index (χ0n) is 11.5. The molecular weight excluding hydrogens is 250 g/mol. The number of aromatic nitrogens is 1. The summed E-state index contributed by atoms with van der Waals surface area (Å²) in [5.74, 6) is 1.01. The molecule has 0 saturated carbocycles. The maximum atomic E-state index is 8.92. The standard InChI is InChI=1S/C16H17N3O/c1-19-11-12(6-14(19)8-17)9-18-10-15-7-13-4-2-3-5-16(13)20-15/h2-6,11,15,18H,7,9-10H2,1H3. The SMILES string of the molecule is Cn1cc(CNCC2Cc3ccccc3O2)cc1C#N. The molecule has 2 aromatic rings. The average molecular weight is 267 g/mol. The zero-order chi connectivity index (χ0) is 13.9. The molecule has 1 N–H and O–H groups in total. The van der Waals surface area contributed by atoms with Gasteiger partial charge >= 0.3 is 0 Å². The average Bonchev–Trinajstić information content (AvgIpc) is 3.01. The van der Waals surface area contributed by atoms with Gasteiger partial charge < -0.3 is 14.6 Å². The molecular formula is C16H17N3O. The van der Waals surface area contributed by atoms with Crippen LogP contribution in [-0.4, -0.2) is 17.2 Å². The molecule has 4 heteroatoms. The van der Waals surface area contributed by atoms with Crippen LogP contribution in [0.3, 0.4) is 0 Å². The van der Waals surface area contributed by atoms with Gasteiger partial charge in [-0.25, -0.2) is 0 Å². The van der Waals surface area contributed by atoms with Crippen LogP contribution in [0.5, 0.6) is 5.75 Å². The van der Waals surface area contributed by atoms with Crippen LogP contribution in [0.1, 0.15) is 16.8 Å². The van der Waals surface area contributed by atoms with Gasteiger partial charge in [-0.2, -0.15) is 5.26 Å². The van der Waals surface area contributed by atoms with Crippen molar-refractivity contribution >= 4 is 0 Å². The Morgan fingerprint density at radius 3 is 3.05 bits per heavy atom. The molecule has 0 bridgehead atoms. The Morgan fingerprint density at radius 1 is 1.45 bits per heavy atom. The molecule has 1 aliphatic rings. The molecule has 0 aliphatic carbocycles. The van der Waals surface area contributed by atoms with Gasteiger partial charge in [-0.1, -0.05) is 18.2 Å². The molecule has 0 fully saturated rings. The van der Waals surface area contributed by atoms with Crippen LogP contribution in [0.2, 0.25) is 0 Å². The highest BCUT2D eigenvalue weighted by Gasteiger charge is 2.21. The van der Waals surface area contributed by atoms with Crippen molar-refractivity contribution in [2.24, 2.45) is 7.05 Å². The molecule has 1 aromatic carbocycles. The topological polar surface area (TPSA) is 50.0 Å². The highest BCUT2D eigenvalue weighted by Crippen LogP contribution is 2.27. The molecule has 0 radical (unpaired) electrons. The molecule has 20 heavy (non-hydrogen) atoms. The van der Waals surface area contributed by atoms with Crippen LogP contribution in [0.4, 0.5) is 0 Å². The number of aryl methyl sites for hydroxylation is 1. The summed E-state index contributed by atoms with van der Waals surface area (Å²) in [5, 5.41) is 12.3. The number of hydrogen-bond donors (Lipinski definition) is 1. The van der Waals surface area contributed by atoms with Crippen molar-refractivity contribution < 1.29 is 4.74 Å². The van der Waals surface area contributed by atoms with E-state index >= 15 is 0 Å². The number of para-hydroxylation sites is 1. The summed E-state index contributed by atoms with van der Waals surface area (Å²) in [6.45, 7) is 1.57. The summed E-state index contributed by atoms with van der Waals surface area (Å²) in [6, 6.07) is 12.3. The maximum absolute atomic E-state index is 8.92. The van der Waals surface area contributed by atoms with Crippen molar-refractivity contribution in [2.45, 2.75) is 19.1 Å². The van der Waals surface area contributed by atoms with E-state index in [-0.39, 0.29) is 6.10 Å². The second-order valence-corrected chi connectivity index (χ2v) is 5.14. The highest BCUT2D eigenvalue weighted by atomic mass is 16.5. The Labute approximate surface area is 118 Å². The van der Waals surface area contributed by atoms with E-state index in [1.807, 2.05) is 42.1 Å². The van der Waals surface area contributed by atoms with Crippen LogP contribution in [0.25, 0.3) is 0 Å². The van der Waals surface area contributed by atoms with Gasteiger partial charge in [0.1, 0.15) is 23.6 Å². The predicted octanol–water partition coefficient (Wildman–Crippen LogP) is 1.99. The van der Waals surface area contributed by atoms with Gasteiger partial charge in [0, 0.05) is 32.8 Å². The van der Waals surface area contributed by atoms with Crippen molar-refractivity contribution in [1.29, 1.82) is 5.26 Å². The minimum absolute atomic E-state index is 0.201. The fourth-order valence-corrected chi connectivity index (χ4v) is 2.59.